The first-order chi connectivity index (χ1) is 13.8. The molecule has 3 heterocycles. The zero-order valence-electron chi connectivity index (χ0n) is 16.3. The van der Waals surface area contributed by atoms with Crippen molar-refractivity contribution in [3.63, 3.8) is 0 Å². The van der Waals surface area contributed by atoms with Gasteiger partial charge in [-0.25, -0.2) is 4.98 Å². The van der Waals surface area contributed by atoms with Crippen LogP contribution in [0.25, 0.3) is 10.9 Å². The Hall–Kier alpha value is -2.56. The number of carbonyl (C=O) groups excluding carboxylic acids is 1. The normalized spacial score (nSPS) is 20.0. The van der Waals surface area contributed by atoms with Crippen molar-refractivity contribution in [1.82, 2.24) is 19.4 Å². The summed E-state index contributed by atoms with van der Waals surface area (Å²) in [6, 6.07) is 8.30. The van der Waals surface area contributed by atoms with Crippen LogP contribution < -0.4 is 0 Å². The molecule has 3 aromatic rings. The van der Waals surface area contributed by atoms with Crippen molar-refractivity contribution in [3.8, 4) is 0 Å². The maximum Gasteiger partial charge on any atom is 0.222 e. The molecule has 0 spiro atoms. The molecule has 2 fully saturated rings. The van der Waals surface area contributed by atoms with Crippen LogP contribution in [-0.4, -0.2) is 38.4 Å². The van der Waals surface area contributed by atoms with Gasteiger partial charge in [0.2, 0.25) is 5.91 Å². The minimum atomic E-state index is 0.273. The third-order valence-corrected chi connectivity index (χ3v) is 6.32. The SMILES string of the molecule is O=C(CCc1c[nH]c2ccccc12)N1CCCC(c2nccn2CC2CC2)C1. The van der Waals surface area contributed by atoms with Crippen LogP contribution in [-0.2, 0) is 17.8 Å². The molecule has 1 aliphatic carbocycles. The van der Waals surface area contributed by atoms with Gasteiger partial charge in [-0.15, -0.1) is 0 Å². The molecule has 1 aliphatic heterocycles. The third kappa shape index (κ3) is 3.58. The molecule has 1 unspecified atom stereocenters. The van der Waals surface area contributed by atoms with Gasteiger partial charge in [0.05, 0.1) is 0 Å². The summed E-state index contributed by atoms with van der Waals surface area (Å²) < 4.78 is 2.34. The van der Waals surface area contributed by atoms with Gasteiger partial charge in [-0.1, -0.05) is 18.2 Å². The average Bonchev–Trinajstić information content (AvgIpc) is 3.26. The van der Waals surface area contributed by atoms with Crippen LogP contribution in [0, 0.1) is 5.92 Å². The maximum atomic E-state index is 12.9. The summed E-state index contributed by atoms with van der Waals surface area (Å²) in [5, 5.41) is 1.23. The molecule has 0 bridgehead atoms. The van der Waals surface area contributed by atoms with Crippen LogP contribution in [0.4, 0.5) is 0 Å². The minimum absolute atomic E-state index is 0.273. The molecule has 0 radical (unpaired) electrons. The number of H-pyrrole nitrogens is 1. The first kappa shape index (κ1) is 17.5. The van der Waals surface area contributed by atoms with E-state index in [1.54, 1.807) is 0 Å². The maximum absolute atomic E-state index is 12.9. The molecule has 1 atom stereocenters. The Balaban J connectivity index is 1.22. The molecule has 28 heavy (non-hydrogen) atoms. The van der Waals surface area contributed by atoms with E-state index >= 15 is 0 Å². The number of benzene rings is 1. The molecule has 5 nitrogen and oxygen atoms in total. The predicted octanol–water partition coefficient (Wildman–Crippen LogP) is 4.11. The van der Waals surface area contributed by atoms with E-state index in [1.807, 2.05) is 18.5 Å². The molecular formula is C23H28N4O. The number of imidazole rings is 1. The summed E-state index contributed by atoms with van der Waals surface area (Å²) in [6.07, 6.45) is 12.4. The van der Waals surface area contributed by atoms with E-state index < -0.39 is 0 Å². The number of nitrogens with zero attached hydrogens (tertiary/aromatic N) is 3. The largest absolute Gasteiger partial charge is 0.361 e. The van der Waals surface area contributed by atoms with E-state index in [1.165, 1.54) is 29.6 Å². The highest BCUT2D eigenvalue weighted by Gasteiger charge is 2.29. The summed E-state index contributed by atoms with van der Waals surface area (Å²) in [7, 11) is 0. The summed E-state index contributed by atoms with van der Waals surface area (Å²) in [4.78, 5) is 22.9. The molecule has 1 aromatic carbocycles. The van der Waals surface area contributed by atoms with Gasteiger partial charge in [0, 0.05) is 61.5 Å². The average molecular weight is 377 g/mol. The molecule has 146 valence electrons. The van der Waals surface area contributed by atoms with E-state index in [0.717, 1.165) is 50.3 Å². The van der Waals surface area contributed by atoms with Gasteiger partial charge in [0.25, 0.3) is 0 Å². The topological polar surface area (TPSA) is 53.9 Å². The number of para-hydroxylation sites is 1. The Labute approximate surface area is 165 Å². The van der Waals surface area contributed by atoms with Crippen LogP contribution in [0.3, 0.4) is 0 Å². The lowest BCUT2D eigenvalue weighted by molar-refractivity contribution is -0.132. The fourth-order valence-electron chi connectivity index (χ4n) is 4.57. The lowest BCUT2D eigenvalue weighted by atomic mass is 9.96. The number of fused-ring (bicyclic) bond motifs is 1. The Morgan fingerprint density at radius 1 is 1.21 bits per heavy atom. The van der Waals surface area contributed by atoms with Crippen LogP contribution in [0.5, 0.6) is 0 Å². The highest BCUT2D eigenvalue weighted by atomic mass is 16.2. The fourth-order valence-corrected chi connectivity index (χ4v) is 4.57. The number of piperidine rings is 1. The Kier molecular flexibility index (Phi) is 4.67. The number of likely N-dealkylation sites (tertiary alicyclic amines) is 1. The minimum Gasteiger partial charge on any atom is -0.361 e. The molecule has 5 rings (SSSR count). The van der Waals surface area contributed by atoms with Crippen LogP contribution in [0.15, 0.2) is 42.9 Å². The van der Waals surface area contributed by atoms with Crippen molar-refractivity contribution in [2.75, 3.05) is 13.1 Å². The summed E-state index contributed by atoms with van der Waals surface area (Å²) >= 11 is 0. The number of nitrogens with one attached hydrogen (secondary N) is 1. The quantitative estimate of drug-likeness (QED) is 0.704. The summed E-state index contributed by atoms with van der Waals surface area (Å²) in [6.45, 7) is 2.79. The second-order valence-corrected chi connectivity index (χ2v) is 8.42. The first-order valence-corrected chi connectivity index (χ1v) is 10.6. The number of hydrogen-bond donors (Lipinski definition) is 1. The van der Waals surface area contributed by atoms with Crippen molar-refractivity contribution in [2.45, 2.75) is 51.0 Å². The second-order valence-electron chi connectivity index (χ2n) is 8.42. The standard InChI is InChI=1S/C23H28N4O/c28-22(10-9-18-14-25-21-6-2-1-5-20(18)21)26-12-3-4-19(16-26)23-24-11-13-27(23)15-17-7-8-17/h1-2,5-6,11,13-14,17,19,25H,3-4,7-10,12,15-16H2. The number of hydrogen-bond acceptors (Lipinski definition) is 2. The van der Waals surface area contributed by atoms with Crippen molar-refractivity contribution in [3.05, 3.63) is 54.2 Å². The molecule has 1 saturated heterocycles. The number of aromatic amines is 1. The van der Waals surface area contributed by atoms with Crippen LogP contribution in [0.1, 0.15) is 49.4 Å². The first-order valence-electron chi connectivity index (χ1n) is 10.6. The molecular weight excluding hydrogens is 348 g/mol. The Bertz CT molecular complexity index is 968. The van der Waals surface area contributed by atoms with E-state index in [-0.39, 0.29) is 5.91 Å². The van der Waals surface area contributed by atoms with Gasteiger partial charge in [0.1, 0.15) is 5.82 Å². The van der Waals surface area contributed by atoms with E-state index in [0.29, 0.717) is 12.3 Å². The molecule has 2 aromatic heterocycles. The highest BCUT2D eigenvalue weighted by Crippen LogP contribution is 2.33. The summed E-state index contributed by atoms with van der Waals surface area (Å²) in [5.74, 6) is 2.67. The Morgan fingerprint density at radius 3 is 3.00 bits per heavy atom. The van der Waals surface area contributed by atoms with Crippen LogP contribution in [0.2, 0.25) is 0 Å². The van der Waals surface area contributed by atoms with Crippen molar-refractivity contribution < 1.29 is 4.79 Å². The molecule has 1 amide bonds. The van der Waals surface area contributed by atoms with Gasteiger partial charge in [0.15, 0.2) is 0 Å². The van der Waals surface area contributed by atoms with E-state index in [9.17, 15) is 4.79 Å². The van der Waals surface area contributed by atoms with Gasteiger partial charge in [-0.3, -0.25) is 4.79 Å². The zero-order valence-corrected chi connectivity index (χ0v) is 16.3. The van der Waals surface area contributed by atoms with Crippen molar-refractivity contribution in [2.24, 2.45) is 5.92 Å². The zero-order chi connectivity index (χ0) is 18.9. The van der Waals surface area contributed by atoms with E-state index in [4.69, 9.17) is 0 Å². The van der Waals surface area contributed by atoms with Crippen LogP contribution >= 0.6 is 0 Å². The lowest BCUT2D eigenvalue weighted by Crippen LogP contribution is -2.39. The van der Waals surface area contributed by atoms with Crippen molar-refractivity contribution in [1.29, 1.82) is 0 Å². The number of aryl methyl sites for hydroxylation is 1. The van der Waals surface area contributed by atoms with Gasteiger partial charge >= 0.3 is 0 Å². The fraction of sp³-hybridized carbons (Fsp3) is 0.478. The number of amides is 1. The van der Waals surface area contributed by atoms with Gasteiger partial charge in [-0.05, 0) is 49.7 Å². The monoisotopic (exact) mass is 376 g/mol. The molecule has 5 heteroatoms. The Morgan fingerprint density at radius 2 is 2.11 bits per heavy atom. The van der Waals surface area contributed by atoms with Crippen molar-refractivity contribution >= 4 is 16.8 Å². The smallest absolute Gasteiger partial charge is 0.222 e. The molecule has 1 N–H and O–H groups in total. The number of aromatic nitrogens is 3. The predicted molar refractivity (Wildman–Crippen MR) is 110 cm³/mol. The van der Waals surface area contributed by atoms with Gasteiger partial charge < -0.3 is 14.5 Å². The lowest BCUT2D eigenvalue weighted by Gasteiger charge is -2.33. The second kappa shape index (κ2) is 7.46. The third-order valence-electron chi connectivity index (χ3n) is 6.32. The molecule has 2 aliphatic rings. The number of rotatable bonds is 6. The van der Waals surface area contributed by atoms with E-state index in [2.05, 4.69) is 43.8 Å². The summed E-state index contributed by atoms with van der Waals surface area (Å²) in [5.41, 5.74) is 2.38. The molecule has 1 saturated carbocycles. The highest BCUT2D eigenvalue weighted by molar-refractivity contribution is 5.84. The van der Waals surface area contributed by atoms with Gasteiger partial charge in [-0.2, -0.15) is 0 Å². The number of carbonyl (C=O) groups is 1.